The number of rotatable bonds is 4. The van der Waals surface area contributed by atoms with Crippen LogP contribution in [0, 0.1) is 12.7 Å². The van der Waals surface area contributed by atoms with Gasteiger partial charge in [-0.15, -0.1) is 5.10 Å². The number of carbonyl (C=O) groups excluding carboxylic acids is 1. The van der Waals surface area contributed by atoms with Crippen LogP contribution in [0.4, 0.5) is 10.2 Å². The predicted octanol–water partition coefficient (Wildman–Crippen LogP) is 2.69. The normalized spacial score (nSPS) is 17.5. The van der Waals surface area contributed by atoms with Crippen molar-refractivity contribution in [3.05, 3.63) is 53.0 Å². The van der Waals surface area contributed by atoms with Crippen LogP contribution in [0.2, 0.25) is 0 Å². The van der Waals surface area contributed by atoms with Gasteiger partial charge in [0.05, 0.1) is 12.1 Å². The Hall–Kier alpha value is -2.50. The van der Waals surface area contributed by atoms with E-state index >= 15 is 0 Å². The minimum atomic E-state index is -0.166. The molecule has 4 rings (SSSR count). The summed E-state index contributed by atoms with van der Waals surface area (Å²) in [7, 11) is 0. The maximum atomic E-state index is 14.2. The number of hydrogen-bond acceptors (Lipinski definition) is 4. The Morgan fingerprint density at radius 1 is 1.12 bits per heavy atom. The average molecular weight is 354 g/mol. The third-order valence-corrected chi connectivity index (χ3v) is 5.18. The molecule has 1 aliphatic carbocycles. The lowest BCUT2D eigenvalue weighted by molar-refractivity contribution is -0.130. The second-order valence-electron chi connectivity index (χ2n) is 7.21. The molecule has 1 aliphatic heterocycles. The van der Waals surface area contributed by atoms with Crippen LogP contribution in [-0.4, -0.2) is 47.2 Å². The number of nitrogens with zero attached hydrogens (tertiary/aromatic N) is 4. The van der Waals surface area contributed by atoms with E-state index in [1.165, 1.54) is 6.07 Å². The van der Waals surface area contributed by atoms with Gasteiger partial charge in [-0.2, -0.15) is 5.10 Å². The van der Waals surface area contributed by atoms with Crippen molar-refractivity contribution in [1.29, 1.82) is 0 Å². The molecule has 0 radical (unpaired) electrons. The monoisotopic (exact) mass is 354 g/mol. The topological polar surface area (TPSA) is 49.3 Å². The lowest BCUT2D eigenvalue weighted by Crippen LogP contribution is -2.49. The molecule has 26 heavy (non-hydrogen) atoms. The van der Waals surface area contributed by atoms with E-state index in [0.29, 0.717) is 19.0 Å². The molecule has 2 heterocycles. The van der Waals surface area contributed by atoms with Crippen LogP contribution >= 0.6 is 0 Å². The SMILES string of the molecule is Cc1ccc(N2CCN(C(=O)Cc3ccc(C4CC4)c(F)c3)CC2)nn1. The van der Waals surface area contributed by atoms with Crippen LogP contribution in [0.25, 0.3) is 0 Å². The molecule has 0 bridgehead atoms. The fourth-order valence-corrected chi connectivity index (χ4v) is 3.44. The van der Waals surface area contributed by atoms with Gasteiger partial charge in [-0.25, -0.2) is 4.39 Å². The minimum absolute atomic E-state index is 0.0539. The van der Waals surface area contributed by atoms with E-state index in [-0.39, 0.29) is 18.1 Å². The molecule has 0 atom stereocenters. The fourth-order valence-electron chi connectivity index (χ4n) is 3.44. The zero-order chi connectivity index (χ0) is 18.1. The van der Waals surface area contributed by atoms with Crippen molar-refractivity contribution in [2.75, 3.05) is 31.1 Å². The van der Waals surface area contributed by atoms with Gasteiger partial charge in [-0.05, 0) is 55.0 Å². The highest BCUT2D eigenvalue weighted by Gasteiger charge is 2.27. The van der Waals surface area contributed by atoms with Crippen LogP contribution in [0.5, 0.6) is 0 Å². The summed E-state index contributed by atoms with van der Waals surface area (Å²) in [6, 6.07) is 9.18. The predicted molar refractivity (Wildman–Crippen MR) is 97.6 cm³/mol. The number of piperazine rings is 1. The fraction of sp³-hybridized carbons (Fsp3) is 0.450. The highest BCUT2D eigenvalue weighted by molar-refractivity contribution is 5.79. The van der Waals surface area contributed by atoms with Gasteiger partial charge in [-0.1, -0.05) is 12.1 Å². The summed E-state index contributed by atoms with van der Waals surface area (Å²) >= 11 is 0. The Morgan fingerprint density at radius 3 is 2.50 bits per heavy atom. The van der Waals surface area contributed by atoms with E-state index in [4.69, 9.17) is 0 Å². The third kappa shape index (κ3) is 3.69. The minimum Gasteiger partial charge on any atom is -0.352 e. The number of carbonyl (C=O) groups is 1. The zero-order valence-electron chi connectivity index (χ0n) is 15.0. The quantitative estimate of drug-likeness (QED) is 0.847. The standard InChI is InChI=1S/C20H23FN4O/c1-14-2-7-19(23-22-14)24-8-10-25(11-9-24)20(26)13-15-3-6-17(16-4-5-16)18(21)12-15/h2-3,6-7,12,16H,4-5,8-11,13H2,1H3. The van der Waals surface area contributed by atoms with Gasteiger partial charge in [0, 0.05) is 26.2 Å². The number of benzene rings is 1. The van der Waals surface area contributed by atoms with Crippen molar-refractivity contribution in [2.45, 2.75) is 32.1 Å². The highest BCUT2D eigenvalue weighted by atomic mass is 19.1. The number of hydrogen-bond donors (Lipinski definition) is 0. The van der Waals surface area contributed by atoms with E-state index in [9.17, 15) is 9.18 Å². The molecule has 2 aliphatic rings. The number of anilines is 1. The molecule has 0 spiro atoms. The first-order valence-corrected chi connectivity index (χ1v) is 9.21. The second-order valence-corrected chi connectivity index (χ2v) is 7.21. The van der Waals surface area contributed by atoms with Crippen molar-refractivity contribution in [2.24, 2.45) is 0 Å². The van der Waals surface area contributed by atoms with E-state index < -0.39 is 0 Å². The molecule has 6 heteroatoms. The molecule has 2 aromatic rings. The zero-order valence-corrected chi connectivity index (χ0v) is 15.0. The molecule has 136 valence electrons. The molecule has 0 N–H and O–H groups in total. The smallest absolute Gasteiger partial charge is 0.227 e. The largest absolute Gasteiger partial charge is 0.352 e. The lowest BCUT2D eigenvalue weighted by atomic mass is 10.0. The van der Waals surface area contributed by atoms with E-state index in [1.54, 1.807) is 0 Å². The van der Waals surface area contributed by atoms with Crippen LogP contribution in [0.15, 0.2) is 30.3 Å². The first kappa shape index (κ1) is 16.9. The van der Waals surface area contributed by atoms with Gasteiger partial charge in [0.1, 0.15) is 5.82 Å². The molecule has 5 nitrogen and oxygen atoms in total. The van der Waals surface area contributed by atoms with Crippen molar-refractivity contribution in [1.82, 2.24) is 15.1 Å². The summed E-state index contributed by atoms with van der Waals surface area (Å²) in [5, 5.41) is 8.30. The average Bonchev–Trinajstić information content (AvgIpc) is 3.48. The third-order valence-electron chi connectivity index (χ3n) is 5.18. The summed E-state index contributed by atoms with van der Waals surface area (Å²) < 4.78 is 14.2. The van der Waals surface area contributed by atoms with Crippen LogP contribution < -0.4 is 4.90 Å². The van der Waals surface area contributed by atoms with Gasteiger partial charge >= 0.3 is 0 Å². The Kier molecular flexibility index (Phi) is 4.57. The van der Waals surface area contributed by atoms with Gasteiger partial charge in [0.25, 0.3) is 0 Å². The number of halogens is 1. The number of amides is 1. The van der Waals surface area contributed by atoms with Gasteiger partial charge in [0.15, 0.2) is 5.82 Å². The summed E-state index contributed by atoms with van der Waals surface area (Å²) in [5.41, 5.74) is 2.44. The van der Waals surface area contributed by atoms with Crippen molar-refractivity contribution >= 4 is 11.7 Å². The van der Waals surface area contributed by atoms with E-state index in [1.807, 2.05) is 36.1 Å². The Bertz CT molecular complexity index is 796. The van der Waals surface area contributed by atoms with Crippen molar-refractivity contribution < 1.29 is 9.18 Å². The van der Waals surface area contributed by atoms with Crippen molar-refractivity contribution in [3.8, 4) is 0 Å². The molecule has 1 aromatic heterocycles. The van der Waals surface area contributed by atoms with Gasteiger partial charge in [-0.3, -0.25) is 4.79 Å². The van der Waals surface area contributed by atoms with Crippen LogP contribution in [0.1, 0.15) is 35.6 Å². The lowest BCUT2D eigenvalue weighted by Gasteiger charge is -2.35. The maximum Gasteiger partial charge on any atom is 0.227 e. The molecule has 2 fully saturated rings. The summed E-state index contributed by atoms with van der Waals surface area (Å²) in [5.74, 6) is 1.12. The summed E-state index contributed by atoms with van der Waals surface area (Å²) in [6.45, 7) is 4.68. The number of aryl methyl sites for hydroxylation is 1. The Morgan fingerprint density at radius 2 is 1.88 bits per heavy atom. The van der Waals surface area contributed by atoms with Gasteiger partial charge in [0.2, 0.25) is 5.91 Å². The first-order chi connectivity index (χ1) is 12.6. The maximum absolute atomic E-state index is 14.2. The summed E-state index contributed by atoms with van der Waals surface area (Å²) in [4.78, 5) is 16.5. The van der Waals surface area contributed by atoms with Gasteiger partial charge < -0.3 is 9.80 Å². The Balaban J connectivity index is 1.33. The Labute approximate surface area is 152 Å². The van der Waals surface area contributed by atoms with Crippen molar-refractivity contribution in [3.63, 3.8) is 0 Å². The number of aromatic nitrogens is 2. The van der Waals surface area contributed by atoms with Crippen LogP contribution in [-0.2, 0) is 11.2 Å². The molecule has 1 aromatic carbocycles. The molecule has 1 amide bonds. The molecule has 1 saturated heterocycles. The molecule has 1 saturated carbocycles. The molecular weight excluding hydrogens is 331 g/mol. The molecular formula is C20H23FN4O. The molecule has 0 unspecified atom stereocenters. The summed E-state index contributed by atoms with van der Waals surface area (Å²) in [6.07, 6.45) is 2.40. The first-order valence-electron chi connectivity index (χ1n) is 9.21. The van der Waals surface area contributed by atoms with E-state index in [0.717, 1.165) is 48.6 Å². The second kappa shape index (κ2) is 7.02. The van der Waals surface area contributed by atoms with E-state index in [2.05, 4.69) is 15.1 Å². The van der Waals surface area contributed by atoms with Crippen LogP contribution in [0.3, 0.4) is 0 Å². The highest BCUT2D eigenvalue weighted by Crippen LogP contribution is 2.41.